The van der Waals surface area contributed by atoms with Crippen molar-refractivity contribution < 1.29 is 32.1 Å². The third kappa shape index (κ3) is 6.80. The van der Waals surface area contributed by atoms with Crippen molar-refractivity contribution in [2.45, 2.75) is 25.6 Å². The van der Waals surface area contributed by atoms with E-state index in [1.54, 1.807) is 17.0 Å². The Bertz CT molecular complexity index is 1160. The summed E-state index contributed by atoms with van der Waals surface area (Å²) >= 11 is 0. The van der Waals surface area contributed by atoms with Gasteiger partial charge in [-0.1, -0.05) is 0 Å². The van der Waals surface area contributed by atoms with Crippen LogP contribution in [-0.4, -0.2) is 86.4 Å². The van der Waals surface area contributed by atoms with Crippen LogP contribution in [0.2, 0.25) is 0 Å². The summed E-state index contributed by atoms with van der Waals surface area (Å²) in [4.78, 5) is 29.4. The third-order valence-electron chi connectivity index (χ3n) is 6.60. The van der Waals surface area contributed by atoms with Crippen LogP contribution in [0.15, 0.2) is 30.5 Å². The molecule has 2 aliphatic heterocycles. The van der Waals surface area contributed by atoms with Gasteiger partial charge in [0.1, 0.15) is 11.0 Å². The summed E-state index contributed by atoms with van der Waals surface area (Å²) in [6.45, 7) is 2.79. The number of carboxylic acid groups (broad SMARTS) is 1. The van der Waals surface area contributed by atoms with Gasteiger partial charge < -0.3 is 14.9 Å². The van der Waals surface area contributed by atoms with E-state index in [-0.39, 0.29) is 6.03 Å². The van der Waals surface area contributed by atoms with Gasteiger partial charge in [0, 0.05) is 70.0 Å². The largest absolute Gasteiger partial charge is 0.481 e. The van der Waals surface area contributed by atoms with E-state index in [1.807, 2.05) is 9.80 Å². The van der Waals surface area contributed by atoms with Gasteiger partial charge in [-0.3, -0.25) is 14.4 Å². The second-order valence-electron chi connectivity index (χ2n) is 9.23. The van der Waals surface area contributed by atoms with Crippen molar-refractivity contribution in [2.24, 2.45) is 5.92 Å². The molecule has 37 heavy (non-hydrogen) atoms. The topological polar surface area (TPSA) is 111 Å². The first kappa shape index (κ1) is 26.9. The van der Waals surface area contributed by atoms with Crippen molar-refractivity contribution in [1.82, 2.24) is 19.6 Å². The van der Waals surface area contributed by atoms with Gasteiger partial charge in [0.05, 0.1) is 11.5 Å². The van der Waals surface area contributed by atoms with E-state index in [1.165, 1.54) is 12.5 Å². The van der Waals surface area contributed by atoms with Crippen LogP contribution in [0.3, 0.4) is 0 Å². The van der Waals surface area contributed by atoms with E-state index in [0.717, 1.165) is 16.8 Å². The molecule has 0 bridgehead atoms. The fourth-order valence-corrected chi connectivity index (χ4v) is 5.03. The monoisotopic (exact) mass is 542 g/mol. The number of carbonyl (C=O) groups excluding carboxylic acids is 1. The number of nitrogens with one attached hydrogen (secondary N) is 1. The molecule has 4 rings (SSSR count). The summed E-state index contributed by atoms with van der Waals surface area (Å²) < 4.78 is 56.0. The lowest BCUT2D eigenvalue weighted by Gasteiger charge is -2.35. The van der Waals surface area contributed by atoms with E-state index in [9.17, 15) is 32.1 Å². The SMILES string of the molecule is CS(=O)Nc1ccn(C(=O)N2CCN(Cc3cc(N4CCC(C(=O)O)CC4)cc(C(F)(F)F)c3)CC2)n1. The van der Waals surface area contributed by atoms with Crippen LogP contribution < -0.4 is 9.62 Å². The number of piperidine rings is 1. The molecule has 1 aromatic carbocycles. The van der Waals surface area contributed by atoms with E-state index >= 15 is 0 Å². The molecule has 202 valence electrons. The van der Waals surface area contributed by atoms with Crippen LogP contribution in [0.5, 0.6) is 0 Å². The number of amides is 1. The smallest absolute Gasteiger partial charge is 0.416 e. The number of anilines is 2. The van der Waals surface area contributed by atoms with Crippen LogP contribution >= 0.6 is 0 Å². The summed E-state index contributed by atoms with van der Waals surface area (Å²) in [7, 11) is -1.31. The van der Waals surface area contributed by atoms with E-state index in [2.05, 4.69) is 9.82 Å². The molecular weight excluding hydrogens is 513 g/mol. The summed E-state index contributed by atoms with van der Waals surface area (Å²) in [5.74, 6) is -1.02. The minimum absolute atomic E-state index is 0.294. The van der Waals surface area contributed by atoms with Gasteiger partial charge in [0.15, 0.2) is 5.82 Å². The zero-order chi connectivity index (χ0) is 26.7. The lowest BCUT2D eigenvalue weighted by Crippen LogP contribution is -2.49. The summed E-state index contributed by atoms with van der Waals surface area (Å²) in [6, 6.07) is 5.23. The van der Waals surface area contributed by atoms with Crippen LogP contribution in [0, 0.1) is 5.92 Å². The molecule has 2 saturated heterocycles. The Morgan fingerprint density at radius 1 is 1.11 bits per heavy atom. The minimum atomic E-state index is -4.50. The molecule has 0 radical (unpaired) electrons. The number of carboxylic acids is 1. The van der Waals surface area contributed by atoms with Crippen molar-refractivity contribution in [3.8, 4) is 0 Å². The summed E-state index contributed by atoms with van der Waals surface area (Å²) in [5.41, 5.74) is 0.226. The molecule has 0 saturated carbocycles. The second-order valence-corrected chi connectivity index (χ2v) is 10.3. The molecular formula is C23H29F3N6O4S. The van der Waals surface area contributed by atoms with Crippen LogP contribution in [0.25, 0.3) is 0 Å². The van der Waals surface area contributed by atoms with Gasteiger partial charge in [-0.05, 0) is 36.6 Å². The average Bonchev–Trinajstić information content (AvgIpc) is 3.31. The number of carbonyl (C=O) groups is 2. The highest BCUT2D eigenvalue weighted by Gasteiger charge is 2.33. The molecule has 1 aromatic heterocycles. The Morgan fingerprint density at radius 3 is 2.38 bits per heavy atom. The van der Waals surface area contributed by atoms with Crippen LogP contribution in [0.4, 0.5) is 29.5 Å². The Hall–Kier alpha value is -3.13. The number of halogens is 3. The first-order valence-corrected chi connectivity index (χ1v) is 13.4. The summed E-state index contributed by atoms with van der Waals surface area (Å²) in [6.07, 6.45) is -0.791. The Morgan fingerprint density at radius 2 is 1.78 bits per heavy atom. The highest BCUT2D eigenvalue weighted by molar-refractivity contribution is 7.85. The molecule has 2 aliphatic rings. The molecule has 1 unspecified atom stereocenters. The van der Waals surface area contributed by atoms with Crippen molar-refractivity contribution in [1.29, 1.82) is 0 Å². The molecule has 10 nitrogen and oxygen atoms in total. The lowest BCUT2D eigenvalue weighted by atomic mass is 9.96. The van der Waals surface area contributed by atoms with Gasteiger partial charge in [-0.2, -0.15) is 17.9 Å². The zero-order valence-corrected chi connectivity index (χ0v) is 21.1. The maximum atomic E-state index is 13.7. The number of aliphatic carboxylic acids is 1. The highest BCUT2D eigenvalue weighted by atomic mass is 32.2. The molecule has 2 fully saturated rings. The molecule has 3 heterocycles. The van der Waals surface area contributed by atoms with Crippen molar-refractivity contribution in [3.63, 3.8) is 0 Å². The molecule has 2 aromatic rings. The highest BCUT2D eigenvalue weighted by Crippen LogP contribution is 2.34. The first-order valence-electron chi connectivity index (χ1n) is 11.9. The molecule has 14 heteroatoms. The predicted molar refractivity (Wildman–Crippen MR) is 132 cm³/mol. The quantitative estimate of drug-likeness (QED) is 0.578. The maximum Gasteiger partial charge on any atom is 0.416 e. The molecule has 1 amide bonds. The lowest BCUT2D eigenvalue weighted by molar-refractivity contribution is -0.142. The first-order chi connectivity index (χ1) is 17.5. The van der Waals surface area contributed by atoms with Crippen molar-refractivity contribution in [3.05, 3.63) is 41.6 Å². The standard InChI is InChI=1S/C23H29F3N6O4S/c1-37(36)28-20-4-7-32(27-20)22(35)31-10-8-29(9-11-31)15-16-12-18(23(24,25)26)14-19(13-16)30-5-2-17(3-6-30)21(33)34/h4,7,12-14,17H,2-3,5-6,8-11,15H2,1H3,(H,27,28)(H,33,34). The van der Waals surface area contributed by atoms with Gasteiger partial charge in [-0.15, -0.1) is 5.10 Å². The Balaban J connectivity index is 1.40. The molecule has 2 N–H and O–H groups in total. The summed E-state index contributed by atoms with van der Waals surface area (Å²) in [5, 5.41) is 13.3. The molecule has 0 spiro atoms. The van der Waals surface area contributed by atoms with E-state index < -0.39 is 34.6 Å². The number of piperazine rings is 1. The number of benzene rings is 1. The predicted octanol–water partition coefficient (Wildman–Crippen LogP) is 2.69. The van der Waals surface area contributed by atoms with Crippen LogP contribution in [0.1, 0.15) is 24.0 Å². The van der Waals surface area contributed by atoms with E-state index in [4.69, 9.17) is 0 Å². The fraction of sp³-hybridized carbons (Fsp3) is 0.522. The fourth-order valence-electron chi connectivity index (χ4n) is 4.63. The third-order valence-corrected chi connectivity index (χ3v) is 7.09. The molecule has 0 aliphatic carbocycles. The number of nitrogens with zero attached hydrogens (tertiary/aromatic N) is 5. The second kappa shape index (κ2) is 11.1. The minimum Gasteiger partial charge on any atom is -0.481 e. The number of hydrogen-bond donors (Lipinski definition) is 2. The average molecular weight is 543 g/mol. The number of rotatable bonds is 6. The number of hydrogen-bond acceptors (Lipinski definition) is 6. The van der Waals surface area contributed by atoms with Gasteiger partial charge in [0.25, 0.3) is 0 Å². The van der Waals surface area contributed by atoms with Gasteiger partial charge in [-0.25, -0.2) is 9.00 Å². The number of alkyl halides is 3. The normalized spacial score (nSPS) is 18.6. The Kier molecular flexibility index (Phi) is 8.07. The number of aromatic nitrogens is 2. The van der Waals surface area contributed by atoms with Crippen molar-refractivity contribution in [2.75, 3.05) is 55.1 Å². The van der Waals surface area contributed by atoms with Crippen LogP contribution in [-0.2, 0) is 28.5 Å². The molecule has 1 atom stereocenters. The zero-order valence-electron chi connectivity index (χ0n) is 20.3. The van der Waals surface area contributed by atoms with Crippen molar-refractivity contribution >= 4 is 34.5 Å². The van der Waals surface area contributed by atoms with Gasteiger partial charge >= 0.3 is 18.2 Å². The van der Waals surface area contributed by atoms with Gasteiger partial charge in [0.2, 0.25) is 0 Å². The van der Waals surface area contributed by atoms with E-state index in [0.29, 0.717) is 75.7 Å². The Labute approximate surface area is 214 Å². The maximum absolute atomic E-state index is 13.7.